The standard InChI is InChI=1S/C32H29ClF2N8OS/c33-26-24(20-4-5-23(35)28-25(20)22(11-37)29(38)45-28)16(10-36)8-21-27(26)40-31(41-30(21)42-13-18-2-3-19(14-42)39-18)44-15-32-6-1-7-43(32)12-17(34)9-32/h4-5,8,17-19,39H,1-3,6-7,9,12-15,38H2/t17-,18?,19?,32+/m1/s1. The van der Waals surface area contributed by atoms with Crippen LogP contribution < -0.4 is 20.7 Å². The number of nitrogens with one attached hydrogen (secondary N) is 1. The molecule has 3 N–H and O–H groups in total. The number of nitrogens with zero attached hydrogens (tertiary/aromatic N) is 6. The Balaban J connectivity index is 1.31. The van der Waals surface area contributed by atoms with Crippen LogP contribution in [0.3, 0.4) is 0 Å². The Kier molecular flexibility index (Phi) is 6.77. The Morgan fingerprint density at radius 3 is 2.73 bits per heavy atom. The average molecular weight is 647 g/mol. The maximum atomic E-state index is 14.9. The second-order valence-corrected chi connectivity index (χ2v) is 14.0. The third-order valence-corrected chi connectivity index (χ3v) is 11.4. The largest absolute Gasteiger partial charge is 0.461 e. The van der Waals surface area contributed by atoms with Gasteiger partial charge in [-0.25, -0.2) is 8.78 Å². The van der Waals surface area contributed by atoms with E-state index in [1.807, 2.05) is 0 Å². The van der Waals surface area contributed by atoms with Crippen molar-refractivity contribution in [3.63, 3.8) is 0 Å². The lowest BCUT2D eigenvalue weighted by atomic mass is 9.93. The summed E-state index contributed by atoms with van der Waals surface area (Å²) in [4.78, 5) is 14.1. The molecule has 4 aliphatic rings. The van der Waals surface area contributed by atoms with Gasteiger partial charge in [-0.05, 0) is 49.9 Å². The highest BCUT2D eigenvalue weighted by Crippen LogP contribution is 2.47. The summed E-state index contributed by atoms with van der Waals surface area (Å²) in [5.74, 6) is 0.106. The minimum absolute atomic E-state index is 0.131. The molecular formula is C32H29ClF2N8OS. The maximum absolute atomic E-state index is 14.9. The van der Waals surface area contributed by atoms with Gasteiger partial charge in [0.25, 0.3) is 0 Å². The zero-order valence-corrected chi connectivity index (χ0v) is 25.8. The van der Waals surface area contributed by atoms with Gasteiger partial charge in [0.15, 0.2) is 0 Å². The number of nitrogen functional groups attached to an aromatic ring is 1. The summed E-state index contributed by atoms with van der Waals surface area (Å²) in [5, 5.41) is 25.2. The van der Waals surface area contributed by atoms with Gasteiger partial charge in [0.1, 0.15) is 35.5 Å². The Hall–Kier alpha value is -3.81. The van der Waals surface area contributed by atoms with Crippen LogP contribution in [0.25, 0.3) is 32.1 Å². The van der Waals surface area contributed by atoms with Crippen LogP contribution in [0, 0.1) is 28.5 Å². The van der Waals surface area contributed by atoms with Crippen molar-refractivity contribution < 1.29 is 13.5 Å². The third kappa shape index (κ3) is 4.50. The monoisotopic (exact) mass is 646 g/mol. The second kappa shape index (κ2) is 10.6. The molecule has 4 aliphatic heterocycles. The van der Waals surface area contributed by atoms with Gasteiger partial charge in [-0.1, -0.05) is 17.7 Å². The van der Waals surface area contributed by atoms with Crippen LogP contribution in [0.2, 0.25) is 5.02 Å². The molecule has 2 unspecified atom stereocenters. The van der Waals surface area contributed by atoms with Gasteiger partial charge in [0.2, 0.25) is 0 Å². The molecule has 2 bridgehead atoms. The van der Waals surface area contributed by atoms with Gasteiger partial charge < -0.3 is 20.7 Å². The molecule has 4 atom stereocenters. The van der Waals surface area contributed by atoms with Gasteiger partial charge in [-0.3, -0.25) is 4.90 Å². The van der Waals surface area contributed by atoms with Crippen molar-refractivity contribution in [2.45, 2.75) is 55.9 Å². The molecule has 4 saturated heterocycles. The van der Waals surface area contributed by atoms with Gasteiger partial charge in [0.05, 0.1) is 38.0 Å². The van der Waals surface area contributed by atoms with E-state index >= 15 is 0 Å². The summed E-state index contributed by atoms with van der Waals surface area (Å²) in [7, 11) is 0. The summed E-state index contributed by atoms with van der Waals surface area (Å²) in [6.07, 6.45) is 3.48. The fourth-order valence-corrected chi connectivity index (χ4v) is 9.27. The van der Waals surface area contributed by atoms with E-state index in [4.69, 9.17) is 32.0 Å². The van der Waals surface area contributed by atoms with Crippen molar-refractivity contribution in [1.82, 2.24) is 20.2 Å². The van der Waals surface area contributed by atoms with E-state index in [2.05, 4.69) is 27.3 Å². The molecule has 230 valence electrons. The van der Waals surface area contributed by atoms with Gasteiger partial charge >= 0.3 is 6.01 Å². The lowest BCUT2D eigenvalue weighted by molar-refractivity contribution is 0.107. The van der Waals surface area contributed by atoms with Crippen LogP contribution in [0.1, 0.15) is 43.2 Å². The number of halogens is 3. The average Bonchev–Trinajstić information content (AvgIpc) is 3.76. The molecule has 13 heteroatoms. The fourth-order valence-electron chi connectivity index (χ4n) is 7.97. The first-order valence-corrected chi connectivity index (χ1v) is 16.4. The first-order chi connectivity index (χ1) is 21.8. The first-order valence-electron chi connectivity index (χ1n) is 15.2. The number of nitrogens with two attached hydrogens (primary N) is 1. The number of anilines is 2. The molecule has 4 fully saturated rings. The van der Waals surface area contributed by atoms with Crippen molar-refractivity contribution in [2.24, 2.45) is 0 Å². The number of rotatable bonds is 5. The van der Waals surface area contributed by atoms with Crippen molar-refractivity contribution >= 4 is 54.7 Å². The van der Waals surface area contributed by atoms with E-state index in [0.29, 0.717) is 58.3 Å². The van der Waals surface area contributed by atoms with Crippen LogP contribution in [0.4, 0.5) is 19.6 Å². The fraction of sp³-hybridized carbons (Fsp3) is 0.438. The Morgan fingerprint density at radius 2 is 1.98 bits per heavy atom. The van der Waals surface area contributed by atoms with Crippen LogP contribution >= 0.6 is 22.9 Å². The Bertz CT molecular complexity index is 1960. The lowest BCUT2D eigenvalue weighted by Gasteiger charge is -2.35. The number of ether oxygens (including phenoxy) is 1. The van der Waals surface area contributed by atoms with Crippen molar-refractivity contribution in [3.05, 3.63) is 40.2 Å². The van der Waals surface area contributed by atoms with Gasteiger partial charge in [0, 0.05) is 54.5 Å². The summed E-state index contributed by atoms with van der Waals surface area (Å²) >= 11 is 8.18. The van der Waals surface area contributed by atoms with Crippen molar-refractivity contribution in [3.8, 4) is 29.3 Å². The molecule has 0 radical (unpaired) electrons. The molecular weight excluding hydrogens is 618 g/mol. The van der Waals surface area contributed by atoms with E-state index in [0.717, 1.165) is 56.7 Å². The molecule has 0 spiro atoms. The van der Waals surface area contributed by atoms with Crippen LogP contribution in [-0.2, 0) is 0 Å². The predicted molar refractivity (Wildman–Crippen MR) is 170 cm³/mol. The summed E-state index contributed by atoms with van der Waals surface area (Å²) in [6.45, 7) is 2.95. The number of nitriles is 2. The summed E-state index contributed by atoms with van der Waals surface area (Å²) < 4.78 is 36.0. The third-order valence-electron chi connectivity index (χ3n) is 9.96. The zero-order valence-electron chi connectivity index (χ0n) is 24.2. The number of alkyl halides is 1. The second-order valence-electron chi connectivity index (χ2n) is 12.6. The maximum Gasteiger partial charge on any atom is 0.319 e. The van der Waals surface area contributed by atoms with Gasteiger partial charge in [-0.2, -0.15) is 20.5 Å². The summed E-state index contributed by atoms with van der Waals surface area (Å²) in [6, 6.07) is 9.66. The Labute approximate surface area is 267 Å². The highest BCUT2D eigenvalue weighted by molar-refractivity contribution is 7.23. The number of piperazine rings is 1. The number of fused-ring (bicyclic) bond motifs is 5. The SMILES string of the molecule is N#Cc1cc2c(N3CC4CCC(C3)N4)nc(OC[C@@]34CCCN3C[C@H](F)C4)nc2c(Cl)c1-c1ccc(F)c2sc(N)c(C#N)c12. The quantitative estimate of drug-likeness (QED) is 0.288. The summed E-state index contributed by atoms with van der Waals surface area (Å²) in [5.41, 5.74) is 7.23. The lowest BCUT2D eigenvalue weighted by Crippen LogP contribution is -2.51. The van der Waals surface area contributed by atoms with E-state index in [1.165, 1.54) is 12.1 Å². The smallest absolute Gasteiger partial charge is 0.319 e. The van der Waals surface area contributed by atoms with E-state index in [9.17, 15) is 19.3 Å². The molecule has 2 aromatic heterocycles. The molecule has 0 amide bonds. The van der Waals surface area contributed by atoms with Crippen LogP contribution in [0.5, 0.6) is 6.01 Å². The van der Waals surface area contributed by atoms with Crippen LogP contribution in [0.15, 0.2) is 18.2 Å². The number of hydrogen-bond acceptors (Lipinski definition) is 10. The highest BCUT2D eigenvalue weighted by Gasteiger charge is 2.49. The number of thiophene rings is 1. The van der Waals surface area contributed by atoms with Crippen molar-refractivity contribution in [2.75, 3.05) is 43.4 Å². The Morgan fingerprint density at radius 1 is 1.18 bits per heavy atom. The minimum atomic E-state index is -0.892. The predicted octanol–water partition coefficient (Wildman–Crippen LogP) is 5.53. The molecule has 0 saturated carbocycles. The van der Waals surface area contributed by atoms with Crippen LogP contribution in [-0.4, -0.2) is 71.4 Å². The molecule has 0 aliphatic carbocycles. The van der Waals surface area contributed by atoms with E-state index in [1.54, 1.807) is 6.07 Å². The zero-order chi connectivity index (χ0) is 31.0. The number of benzene rings is 2. The number of hydrogen-bond donors (Lipinski definition) is 2. The normalized spacial score (nSPS) is 26.0. The highest BCUT2D eigenvalue weighted by atomic mass is 35.5. The van der Waals surface area contributed by atoms with E-state index in [-0.39, 0.29) is 38.5 Å². The van der Waals surface area contributed by atoms with Crippen molar-refractivity contribution in [1.29, 1.82) is 10.5 Å². The molecule has 4 aromatic rings. The number of aromatic nitrogens is 2. The molecule has 45 heavy (non-hydrogen) atoms. The minimum Gasteiger partial charge on any atom is -0.461 e. The van der Waals surface area contributed by atoms with Gasteiger partial charge in [-0.15, -0.1) is 11.3 Å². The molecule has 2 aromatic carbocycles. The first kappa shape index (κ1) is 28.6. The molecule has 8 rings (SSSR count). The van der Waals surface area contributed by atoms with E-state index < -0.39 is 17.5 Å². The molecule has 9 nitrogen and oxygen atoms in total. The molecule has 6 heterocycles. The topological polar surface area (TPSA) is 127 Å².